The first-order valence-electron chi connectivity index (χ1n) is 5.86. The van der Waals surface area contributed by atoms with E-state index in [0.717, 1.165) is 11.4 Å². The van der Waals surface area contributed by atoms with Crippen LogP contribution in [-0.4, -0.2) is 9.55 Å². The van der Waals surface area contributed by atoms with Gasteiger partial charge >= 0.3 is 6.01 Å². The average Bonchev–Trinajstić information content (AvgIpc) is 2.59. The van der Waals surface area contributed by atoms with Crippen LogP contribution in [-0.2, 0) is 0 Å². The van der Waals surface area contributed by atoms with E-state index in [-0.39, 0.29) is 0 Å². The van der Waals surface area contributed by atoms with E-state index in [0.29, 0.717) is 12.1 Å². The summed E-state index contributed by atoms with van der Waals surface area (Å²) in [6, 6.07) is 8.99. The summed E-state index contributed by atoms with van der Waals surface area (Å²) in [6.45, 7) is 8.25. The molecule has 0 aliphatic carbocycles. The van der Waals surface area contributed by atoms with Gasteiger partial charge in [-0.15, -0.1) is 0 Å². The molecular weight excluding hydrogens is 212 g/mol. The van der Waals surface area contributed by atoms with Crippen LogP contribution < -0.4 is 4.74 Å². The van der Waals surface area contributed by atoms with Crippen LogP contribution in [0.2, 0.25) is 0 Å². The Morgan fingerprint density at radius 1 is 1.24 bits per heavy atom. The van der Waals surface area contributed by atoms with E-state index in [9.17, 15) is 0 Å². The van der Waals surface area contributed by atoms with Crippen molar-refractivity contribution < 1.29 is 4.74 Å². The number of aryl methyl sites for hydroxylation is 2. The number of hydrogen-bond donors (Lipinski definition) is 0. The predicted octanol–water partition coefficient (Wildman–Crippen LogP) is 3.87. The number of rotatable bonds is 3. The van der Waals surface area contributed by atoms with Crippen molar-refractivity contribution in [3.8, 4) is 11.8 Å². The highest BCUT2D eigenvalue weighted by molar-refractivity contribution is 5.30. The molecule has 0 N–H and O–H groups in total. The molecule has 0 aliphatic rings. The molecule has 0 radical (unpaired) electrons. The number of benzene rings is 1. The zero-order chi connectivity index (χ0) is 12.4. The SMILES string of the molecule is Cc1cccc(Oc2nc(C)cn2C(C)C)c1. The lowest BCUT2D eigenvalue weighted by Crippen LogP contribution is -2.02. The third kappa shape index (κ3) is 2.67. The van der Waals surface area contributed by atoms with Crippen LogP contribution in [0.25, 0.3) is 0 Å². The largest absolute Gasteiger partial charge is 0.425 e. The maximum atomic E-state index is 5.82. The third-order valence-corrected chi connectivity index (χ3v) is 2.57. The molecule has 3 heteroatoms. The molecule has 0 unspecified atom stereocenters. The van der Waals surface area contributed by atoms with Gasteiger partial charge in [0.25, 0.3) is 0 Å². The molecule has 0 bridgehead atoms. The fourth-order valence-corrected chi connectivity index (χ4v) is 1.72. The van der Waals surface area contributed by atoms with Crippen LogP contribution in [0.5, 0.6) is 11.8 Å². The standard InChI is InChI=1S/C14H18N2O/c1-10(2)16-9-12(4)15-14(16)17-13-7-5-6-11(3)8-13/h5-10H,1-4H3. The smallest absolute Gasteiger partial charge is 0.302 e. The second-order valence-corrected chi connectivity index (χ2v) is 4.58. The third-order valence-electron chi connectivity index (χ3n) is 2.57. The minimum Gasteiger partial charge on any atom is -0.425 e. The summed E-state index contributed by atoms with van der Waals surface area (Å²) in [5, 5.41) is 0. The molecule has 3 nitrogen and oxygen atoms in total. The van der Waals surface area contributed by atoms with Crippen LogP contribution in [0.4, 0.5) is 0 Å². The van der Waals surface area contributed by atoms with E-state index < -0.39 is 0 Å². The summed E-state index contributed by atoms with van der Waals surface area (Å²) in [5.41, 5.74) is 2.16. The van der Waals surface area contributed by atoms with Crippen molar-refractivity contribution in [2.75, 3.05) is 0 Å². The zero-order valence-corrected chi connectivity index (χ0v) is 10.8. The van der Waals surface area contributed by atoms with Gasteiger partial charge in [-0.1, -0.05) is 12.1 Å². The molecule has 1 heterocycles. The van der Waals surface area contributed by atoms with Gasteiger partial charge in [0.1, 0.15) is 5.75 Å². The van der Waals surface area contributed by atoms with Gasteiger partial charge in [0.15, 0.2) is 0 Å². The highest BCUT2D eigenvalue weighted by atomic mass is 16.5. The first-order chi connectivity index (χ1) is 8.06. The van der Waals surface area contributed by atoms with E-state index in [1.165, 1.54) is 5.56 Å². The van der Waals surface area contributed by atoms with Gasteiger partial charge in [-0.05, 0) is 45.4 Å². The monoisotopic (exact) mass is 230 g/mol. The van der Waals surface area contributed by atoms with Crippen LogP contribution in [0, 0.1) is 13.8 Å². The maximum absolute atomic E-state index is 5.82. The molecule has 0 aliphatic heterocycles. The summed E-state index contributed by atoms with van der Waals surface area (Å²) in [5.74, 6) is 0.831. The van der Waals surface area contributed by atoms with Crippen molar-refractivity contribution in [1.29, 1.82) is 0 Å². The molecule has 1 aromatic carbocycles. The fraction of sp³-hybridized carbons (Fsp3) is 0.357. The van der Waals surface area contributed by atoms with E-state index in [1.807, 2.05) is 48.9 Å². The van der Waals surface area contributed by atoms with Gasteiger partial charge in [-0.25, -0.2) is 4.98 Å². The molecule has 0 amide bonds. The molecule has 0 saturated heterocycles. The molecule has 90 valence electrons. The van der Waals surface area contributed by atoms with Gasteiger partial charge in [-0.2, -0.15) is 0 Å². The minimum absolute atomic E-state index is 0.344. The first kappa shape index (κ1) is 11.7. The minimum atomic E-state index is 0.344. The lowest BCUT2D eigenvalue weighted by molar-refractivity contribution is 0.395. The summed E-state index contributed by atoms with van der Waals surface area (Å²) in [7, 11) is 0. The van der Waals surface area contributed by atoms with E-state index in [2.05, 4.69) is 18.8 Å². The van der Waals surface area contributed by atoms with Gasteiger partial charge in [0.2, 0.25) is 0 Å². The van der Waals surface area contributed by atoms with Crippen molar-refractivity contribution in [2.45, 2.75) is 33.7 Å². The Kier molecular flexibility index (Phi) is 3.18. The fourth-order valence-electron chi connectivity index (χ4n) is 1.72. The van der Waals surface area contributed by atoms with Crippen LogP contribution >= 0.6 is 0 Å². The van der Waals surface area contributed by atoms with Crippen molar-refractivity contribution in [3.63, 3.8) is 0 Å². The molecule has 0 fully saturated rings. The van der Waals surface area contributed by atoms with E-state index in [4.69, 9.17) is 4.74 Å². The normalized spacial score (nSPS) is 10.9. The first-order valence-corrected chi connectivity index (χ1v) is 5.86. The molecule has 17 heavy (non-hydrogen) atoms. The maximum Gasteiger partial charge on any atom is 0.302 e. The molecule has 2 aromatic rings. The van der Waals surface area contributed by atoms with Crippen molar-refractivity contribution in [2.24, 2.45) is 0 Å². The highest BCUT2D eigenvalue weighted by Crippen LogP contribution is 2.24. The van der Waals surface area contributed by atoms with E-state index >= 15 is 0 Å². The van der Waals surface area contributed by atoms with Gasteiger partial charge in [0.05, 0.1) is 5.69 Å². The quantitative estimate of drug-likeness (QED) is 0.800. The van der Waals surface area contributed by atoms with Crippen molar-refractivity contribution in [1.82, 2.24) is 9.55 Å². The molecule has 1 aromatic heterocycles. The highest BCUT2D eigenvalue weighted by Gasteiger charge is 2.10. The number of ether oxygens (including phenoxy) is 1. The summed E-state index contributed by atoms with van der Waals surface area (Å²) < 4.78 is 7.86. The number of hydrogen-bond acceptors (Lipinski definition) is 2. The number of nitrogens with zero attached hydrogens (tertiary/aromatic N) is 2. The lowest BCUT2D eigenvalue weighted by Gasteiger charge is -2.11. The lowest BCUT2D eigenvalue weighted by atomic mass is 10.2. The summed E-state index contributed by atoms with van der Waals surface area (Å²) in [6.07, 6.45) is 2.01. The zero-order valence-electron chi connectivity index (χ0n) is 10.8. The van der Waals surface area contributed by atoms with Crippen LogP contribution in [0.3, 0.4) is 0 Å². The van der Waals surface area contributed by atoms with Gasteiger partial charge in [-0.3, -0.25) is 4.57 Å². The summed E-state index contributed by atoms with van der Waals surface area (Å²) >= 11 is 0. The predicted molar refractivity (Wildman–Crippen MR) is 68.6 cm³/mol. The second kappa shape index (κ2) is 4.62. The van der Waals surface area contributed by atoms with Crippen molar-refractivity contribution in [3.05, 3.63) is 41.7 Å². The topological polar surface area (TPSA) is 27.1 Å². The van der Waals surface area contributed by atoms with Crippen molar-refractivity contribution >= 4 is 0 Å². The Hall–Kier alpha value is -1.77. The Bertz CT molecular complexity index is 515. The van der Waals surface area contributed by atoms with E-state index in [1.54, 1.807) is 0 Å². The van der Waals surface area contributed by atoms with Gasteiger partial charge in [0, 0.05) is 12.2 Å². The molecular formula is C14H18N2O. The average molecular weight is 230 g/mol. The molecule has 0 saturated carbocycles. The Morgan fingerprint density at radius 2 is 2.00 bits per heavy atom. The number of aromatic nitrogens is 2. The summed E-state index contributed by atoms with van der Waals surface area (Å²) in [4.78, 5) is 4.40. The molecule has 0 atom stereocenters. The Morgan fingerprint density at radius 3 is 2.65 bits per heavy atom. The van der Waals surface area contributed by atoms with Crippen LogP contribution in [0.15, 0.2) is 30.5 Å². The molecule has 0 spiro atoms. The Labute approximate surface area is 102 Å². The van der Waals surface area contributed by atoms with Crippen LogP contribution in [0.1, 0.15) is 31.1 Å². The Balaban J connectivity index is 2.29. The number of imidazole rings is 1. The van der Waals surface area contributed by atoms with Gasteiger partial charge < -0.3 is 4.74 Å². The second-order valence-electron chi connectivity index (χ2n) is 4.58. The molecule has 2 rings (SSSR count).